The Morgan fingerprint density at radius 3 is 2.44 bits per heavy atom. The van der Waals surface area contributed by atoms with Crippen LogP contribution in [0.1, 0.15) is 12.0 Å². The number of anilines is 1. The number of pyridine rings is 1. The maximum Gasteiger partial charge on any atom is 0.223 e. The molecule has 0 bridgehead atoms. The van der Waals surface area contributed by atoms with Gasteiger partial charge in [0, 0.05) is 32.6 Å². The van der Waals surface area contributed by atoms with E-state index in [0.29, 0.717) is 19.5 Å². The number of aromatic hydroxyl groups is 1. The van der Waals surface area contributed by atoms with Crippen molar-refractivity contribution < 1.29 is 14.6 Å². The van der Waals surface area contributed by atoms with Crippen LogP contribution in [0.25, 0.3) is 0 Å². The highest BCUT2D eigenvalue weighted by Gasteiger charge is 2.21. The summed E-state index contributed by atoms with van der Waals surface area (Å²) in [6.45, 7) is 2.91. The van der Waals surface area contributed by atoms with Crippen molar-refractivity contribution in [3.05, 3.63) is 48.2 Å². The molecule has 6 heteroatoms. The molecular formula is C19H23N3O3. The number of nitrogens with zero attached hydrogens (tertiary/aromatic N) is 3. The van der Waals surface area contributed by atoms with Gasteiger partial charge < -0.3 is 19.6 Å². The van der Waals surface area contributed by atoms with Crippen LogP contribution in [-0.2, 0) is 11.2 Å². The molecule has 0 atom stereocenters. The van der Waals surface area contributed by atoms with Gasteiger partial charge >= 0.3 is 0 Å². The first-order chi connectivity index (χ1) is 12.2. The van der Waals surface area contributed by atoms with Crippen molar-refractivity contribution in [2.75, 3.05) is 38.2 Å². The molecular weight excluding hydrogens is 318 g/mol. The molecule has 0 unspecified atom stereocenters. The number of piperazine rings is 1. The molecule has 1 aromatic heterocycles. The predicted molar refractivity (Wildman–Crippen MR) is 96.0 cm³/mol. The Hall–Kier alpha value is -2.76. The van der Waals surface area contributed by atoms with Crippen LogP contribution in [0.4, 0.5) is 5.82 Å². The second-order valence-corrected chi connectivity index (χ2v) is 6.09. The third-order valence-corrected chi connectivity index (χ3v) is 4.48. The van der Waals surface area contributed by atoms with E-state index in [0.717, 1.165) is 36.6 Å². The number of aryl methyl sites for hydroxylation is 1. The zero-order valence-corrected chi connectivity index (χ0v) is 14.4. The molecule has 0 saturated carbocycles. The number of aromatic nitrogens is 1. The number of amides is 1. The van der Waals surface area contributed by atoms with Crippen LogP contribution < -0.4 is 9.64 Å². The Kier molecular flexibility index (Phi) is 5.38. The minimum Gasteiger partial charge on any atom is -0.506 e. The number of hydrogen-bond donors (Lipinski definition) is 1. The Morgan fingerprint density at radius 2 is 1.84 bits per heavy atom. The molecule has 25 heavy (non-hydrogen) atoms. The zero-order chi connectivity index (χ0) is 17.6. The van der Waals surface area contributed by atoms with Gasteiger partial charge in [-0.25, -0.2) is 4.98 Å². The SMILES string of the molecule is COc1ccc(CCC(=O)N2CCN(c3ccc(O)cn3)CC2)cc1. The average molecular weight is 341 g/mol. The Morgan fingerprint density at radius 1 is 1.12 bits per heavy atom. The Balaban J connectivity index is 1.47. The molecule has 1 aliphatic rings. The predicted octanol–water partition coefficient (Wildman–Crippen LogP) is 2.08. The van der Waals surface area contributed by atoms with E-state index in [1.807, 2.05) is 29.2 Å². The molecule has 2 aromatic rings. The summed E-state index contributed by atoms with van der Waals surface area (Å²) in [5, 5.41) is 9.31. The summed E-state index contributed by atoms with van der Waals surface area (Å²) in [6, 6.07) is 11.3. The second kappa shape index (κ2) is 7.88. The van der Waals surface area contributed by atoms with Crippen LogP contribution in [0.5, 0.6) is 11.5 Å². The van der Waals surface area contributed by atoms with Gasteiger partial charge in [0.15, 0.2) is 0 Å². The smallest absolute Gasteiger partial charge is 0.223 e. The van der Waals surface area contributed by atoms with E-state index in [4.69, 9.17) is 4.74 Å². The lowest BCUT2D eigenvalue weighted by atomic mass is 10.1. The first-order valence-corrected chi connectivity index (χ1v) is 8.46. The van der Waals surface area contributed by atoms with Gasteiger partial charge in [-0.2, -0.15) is 0 Å². The van der Waals surface area contributed by atoms with Gasteiger partial charge in [0.25, 0.3) is 0 Å². The summed E-state index contributed by atoms with van der Waals surface area (Å²) >= 11 is 0. The molecule has 1 N–H and O–H groups in total. The summed E-state index contributed by atoms with van der Waals surface area (Å²) in [5.74, 6) is 2.02. The molecule has 1 amide bonds. The van der Waals surface area contributed by atoms with Crippen LogP contribution in [0.3, 0.4) is 0 Å². The van der Waals surface area contributed by atoms with E-state index in [1.54, 1.807) is 19.2 Å². The molecule has 0 spiro atoms. The summed E-state index contributed by atoms with van der Waals surface area (Å²) in [6.07, 6.45) is 2.70. The van der Waals surface area contributed by atoms with Gasteiger partial charge in [-0.3, -0.25) is 4.79 Å². The average Bonchev–Trinajstić information content (AvgIpc) is 2.67. The largest absolute Gasteiger partial charge is 0.506 e. The van der Waals surface area contributed by atoms with Crippen molar-refractivity contribution in [2.24, 2.45) is 0 Å². The molecule has 0 aliphatic carbocycles. The third kappa shape index (κ3) is 4.41. The van der Waals surface area contributed by atoms with Gasteiger partial charge in [-0.15, -0.1) is 0 Å². The van der Waals surface area contributed by atoms with E-state index in [-0.39, 0.29) is 11.7 Å². The van der Waals surface area contributed by atoms with Gasteiger partial charge in [-0.05, 0) is 36.2 Å². The zero-order valence-electron chi connectivity index (χ0n) is 14.4. The molecule has 2 heterocycles. The van der Waals surface area contributed by atoms with E-state index in [2.05, 4.69) is 9.88 Å². The molecule has 1 aromatic carbocycles. The minimum atomic E-state index is 0.163. The van der Waals surface area contributed by atoms with Crippen molar-refractivity contribution in [3.8, 4) is 11.5 Å². The maximum atomic E-state index is 12.4. The normalized spacial score (nSPS) is 14.4. The number of hydrogen-bond acceptors (Lipinski definition) is 5. The van der Waals surface area contributed by atoms with E-state index < -0.39 is 0 Å². The summed E-state index contributed by atoms with van der Waals surface area (Å²) in [5.41, 5.74) is 1.14. The van der Waals surface area contributed by atoms with Gasteiger partial charge in [0.1, 0.15) is 17.3 Å². The molecule has 6 nitrogen and oxygen atoms in total. The lowest BCUT2D eigenvalue weighted by Crippen LogP contribution is -2.49. The second-order valence-electron chi connectivity index (χ2n) is 6.09. The fraction of sp³-hybridized carbons (Fsp3) is 0.368. The van der Waals surface area contributed by atoms with E-state index >= 15 is 0 Å². The fourth-order valence-corrected chi connectivity index (χ4v) is 2.95. The van der Waals surface area contributed by atoms with Crippen molar-refractivity contribution in [1.82, 2.24) is 9.88 Å². The van der Waals surface area contributed by atoms with Crippen molar-refractivity contribution >= 4 is 11.7 Å². The number of carbonyl (C=O) groups is 1. The van der Waals surface area contributed by atoms with Gasteiger partial charge in [-0.1, -0.05) is 12.1 Å². The molecule has 0 radical (unpaired) electrons. The number of ether oxygens (including phenoxy) is 1. The topological polar surface area (TPSA) is 65.9 Å². The molecule has 3 rings (SSSR count). The number of rotatable bonds is 5. The highest BCUT2D eigenvalue weighted by Crippen LogP contribution is 2.17. The quantitative estimate of drug-likeness (QED) is 0.902. The first kappa shape index (κ1) is 17.1. The Bertz CT molecular complexity index is 693. The Labute approximate surface area is 147 Å². The summed E-state index contributed by atoms with van der Waals surface area (Å²) in [4.78, 5) is 20.7. The van der Waals surface area contributed by atoms with Crippen molar-refractivity contribution in [1.29, 1.82) is 0 Å². The fourth-order valence-electron chi connectivity index (χ4n) is 2.95. The maximum absolute atomic E-state index is 12.4. The number of methoxy groups -OCH3 is 1. The van der Waals surface area contributed by atoms with E-state index in [9.17, 15) is 9.90 Å². The summed E-state index contributed by atoms with van der Waals surface area (Å²) in [7, 11) is 1.64. The lowest BCUT2D eigenvalue weighted by molar-refractivity contribution is -0.131. The van der Waals surface area contributed by atoms with Crippen molar-refractivity contribution in [3.63, 3.8) is 0 Å². The number of benzene rings is 1. The third-order valence-electron chi connectivity index (χ3n) is 4.48. The van der Waals surface area contributed by atoms with Crippen LogP contribution >= 0.6 is 0 Å². The van der Waals surface area contributed by atoms with Gasteiger partial charge in [0.05, 0.1) is 13.3 Å². The van der Waals surface area contributed by atoms with Crippen LogP contribution in [0.2, 0.25) is 0 Å². The highest BCUT2D eigenvalue weighted by atomic mass is 16.5. The van der Waals surface area contributed by atoms with Gasteiger partial charge in [0.2, 0.25) is 5.91 Å². The van der Waals surface area contributed by atoms with Crippen LogP contribution in [0.15, 0.2) is 42.6 Å². The number of carbonyl (C=O) groups excluding carboxylic acids is 1. The molecule has 1 fully saturated rings. The standard InChI is InChI=1S/C19H23N3O3/c1-25-17-6-2-15(3-7-17)4-9-19(24)22-12-10-21(11-13-22)18-8-5-16(23)14-20-18/h2-3,5-8,14,23H,4,9-13H2,1H3. The van der Waals surface area contributed by atoms with Crippen molar-refractivity contribution in [2.45, 2.75) is 12.8 Å². The minimum absolute atomic E-state index is 0.163. The van der Waals surface area contributed by atoms with Crippen LogP contribution in [-0.4, -0.2) is 54.2 Å². The molecule has 1 aliphatic heterocycles. The lowest BCUT2D eigenvalue weighted by Gasteiger charge is -2.35. The monoisotopic (exact) mass is 341 g/mol. The highest BCUT2D eigenvalue weighted by molar-refractivity contribution is 5.76. The summed E-state index contributed by atoms with van der Waals surface area (Å²) < 4.78 is 5.14. The molecule has 132 valence electrons. The molecule has 1 saturated heterocycles. The van der Waals surface area contributed by atoms with Crippen LogP contribution in [0, 0.1) is 0 Å². The van der Waals surface area contributed by atoms with E-state index in [1.165, 1.54) is 6.20 Å². The first-order valence-electron chi connectivity index (χ1n) is 8.46.